The molecular weight excluding hydrogens is 320 g/mol. The van der Waals surface area contributed by atoms with Crippen LogP contribution in [0.1, 0.15) is 50.7 Å². The van der Waals surface area contributed by atoms with Gasteiger partial charge in [-0.25, -0.2) is 0 Å². The molecule has 1 atom stereocenters. The molecule has 1 aromatic carbocycles. The largest absolute Gasteiger partial charge is 0.380 e. The molecule has 1 unspecified atom stereocenters. The monoisotopic (exact) mass is 356 g/mol. The SMILES string of the molecule is CC.Cc1ccccc1.c1cncc(CCCCOCC2CCCN2)c1. The zero-order valence-electron chi connectivity index (χ0n) is 16.8. The van der Waals surface area contributed by atoms with Gasteiger partial charge >= 0.3 is 0 Å². The molecule has 0 aliphatic carbocycles. The Hall–Kier alpha value is -1.71. The van der Waals surface area contributed by atoms with E-state index in [0.717, 1.165) is 32.6 Å². The third kappa shape index (κ3) is 11.0. The third-order valence-corrected chi connectivity index (χ3v) is 4.15. The van der Waals surface area contributed by atoms with Gasteiger partial charge in [0.15, 0.2) is 0 Å². The van der Waals surface area contributed by atoms with Crippen molar-refractivity contribution >= 4 is 0 Å². The van der Waals surface area contributed by atoms with E-state index in [4.69, 9.17) is 4.74 Å². The predicted molar refractivity (Wildman–Crippen MR) is 112 cm³/mol. The van der Waals surface area contributed by atoms with Crippen molar-refractivity contribution in [3.8, 4) is 0 Å². The Morgan fingerprint density at radius 2 is 1.88 bits per heavy atom. The number of ether oxygens (including phenoxy) is 1. The average molecular weight is 357 g/mol. The van der Waals surface area contributed by atoms with E-state index in [2.05, 4.69) is 35.4 Å². The predicted octanol–water partition coefficient (Wildman–Crippen LogP) is 5.19. The van der Waals surface area contributed by atoms with Crippen molar-refractivity contribution in [3.63, 3.8) is 0 Å². The summed E-state index contributed by atoms with van der Waals surface area (Å²) in [6.07, 6.45) is 9.78. The Morgan fingerprint density at radius 1 is 1.08 bits per heavy atom. The zero-order valence-corrected chi connectivity index (χ0v) is 16.8. The maximum absolute atomic E-state index is 5.68. The van der Waals surface area contributed by atoms with Crippen molar-refractivity contribution in [2.45, 2.75) is 58.9 Å². The Labute approximate surface area is 160 Å². The van der Waals surface area contributed by atoms with Crippen molar-refractivity contribution in [1.82, 2.24) is 10.3 Å². The maximum atomic E-state index is 5.68. The standard InChI is InChI=1S/C14H22N2O.C7H8.C2H6/c1(5-13-6-3-8-15-11-13)2-10-17-12-14-7-4-9-16-14;1-7-5-3-2-4-6-7;1-2/h3,6,8,11,14,16H,1-2,4-5,7,9-10,12H2;2-6H,1H3;1-2H3. The number of hydrogen-bond acceptors (Lipinski definition) is 3. The summed E-state index contributed by atoms with van der Waals surface area (Å²) in [5, 5.41) is 3.44. The minimum atomic E-state index is 0.605. The van der Waals surface area contributed by atoms with Crippen molar-refractivity contribution in [2.24, 2.45) is 0 Å². The Bertz CT molecular complexity index is 524. The first-order valence-electron chi connectivity index (χ1n) is 10.1. The van der Waals surface area contributed by atoms with Crippen molar-refractivity contribution in [1.29, 1.82) is 0 Å². The van der Waals surface area contributed by atoms with Gasteiger partial charge in [0.25, 0.3) is 0 Å². The summed E-state index contributed by atoms with van der Waals surface area (Å²) in [5.74, 6) is 0. The van der Waals surface area contributed by atoms with Crippen LogP contribution in [-0.4, -0.2) is 30.8 Å². The highest BCUT2D eigenvalue weighted by Gasteiger charge is 2.13. The van der Waals surface area contributed by atoms with Crippen molar-refractivity contribution in [3.05, 3.63) is 66.0 Å². The normalized spacial score (nSPS) is 15.4. The molecule has 0 radical (unpaired) electrons. The van der Waals surface area contributed by atoms with Crippen LogP contribution in [0.3, 0.4) is 0 Å². The van der Waals surface area contributed by atoms with Gasteiger partial charge in [0.2, 0.25) is 0 Å². The molecule has 0 spiro atoms. The molecule has 3 rings (SSSR count). The van der Waals surface area contributed by atoms with Gasteiger partial charge in [-0.15, -0.1) is 0 Å². The zero-order chi connectivity index (χ0) is 18.9. The molecule has 1 aliphatic heterocycles. The van der Waals surface area contributed by atoms with Gasteiger partial charge in [0.05, 0.1) is 6.61 Å². The molecule has 3 heteroatoms. The van der Waals surface area contributed by atoms with E-state index in [1.165, 1.54) is 30.4 Å². The summed E-state index contributed by atoms with van der Waals surface area (Å²) in [5.41, 5.74) is 2.65. The minimum Gasteiger partial charge on any atom is -0.380 e. The lowest BCUT2D eigenvalue weighted by atomic mass is 10.1. The Morgan fingerprint density at radius 3 is 2.46 bits per heavy atom. The van der Waals surface area contributed by atoms with Crippen LogP contribution in [0.4, 0.5) is 0 Å². The lowest BCUT2D eigenvalue weighted by Gasteiger charge is -2.10. The van der Waals surface area contributed by atoms with Gasteiger partial charge in [-0.05, 0) is 57.2 Å². The summed E-state index contributed by atoms with van der Waals surface area (Å²) >= 11 is 0. The first-order valence-corrected chi connectivity index (χ1v) is 10.1. The molecule has 0 saturated carbocycles. The van der Waals surface area contributed by atoms with E-state index in [1.807, 2.05) is 50.5 Å². The molecule has 2 heterocycles. The van der Waals surface area contributed by atoms with Gasteiger partial charge in [-0.1, -0.05) is 55.8 Å². The van der Waals surface area contributed by atoms with E-state index in [1.54, 1.807) is 0 Å². The van der Waals surface area contributed by atoms with E-state index in [9.17, 15) is 0 Å². The Kier molecular flexibility index (Phi) is 13.3. The molecular formula is C23H36N2O. The topological polar surface area (TPSA) is 34.1 Å². The number of benzene rings is 1. The number of unbranched alkanes of at least 4 members (excludes halogenated alkanes) is 1. The molecule has 1 N–H and O–H groups in total. The second-order valence-electron chi connectivity index (χ2n) is 6.34. The van der Waals surface area contributed by atoms with E-state index < -0.39 is 0 Å². The van der Waals surface area contributed by atoms with Gasteiger partial charge in [-0.2, -0.15) is 0 Å². The number of hydrogen-bond donors (Lipinski definition) is 1. The van der Waals surface area contributed by atoms with Crippen molar-refractivity contribution in [2.75, 3.05) is 19.8 Å². The molecule has 0 amide bonds. The molecule has 0 bridgehead atoms. The van der Waals surface area contributed by atoms with Crippen molar-refractivity contribution < 1.29 is 4.74 Å². The second-order valence-corrected chi connectivity index (χ2v) is 6.34. The fourth-order valence-electron chi connectivity index (χ4n) is 2.74. The van der Waals surface area contributed by atoms with Crippen LogP contribution in [0.15, 0.2) is 54.9 Å². The summed E-state index contributed by atoms with van der Waals surface area (Å²) in [6.45, 7) is 9.01. The maximum Gasteiger partial charge on any atom is 0.0619 e. The van der Waals surface area contributed by atoms with E-state index >= 15 is 0 Å². The highest BCUT2D eigenvalue weighted by atomic mass is 16.5. The van der Waals surface area contributed by atoms with Gasteiger partial charge in [0, 0.05) is 25.0 Å². The Balaban J connectivity index is 0.000000313. The highest BCUT2D eigenvalue weighted by Crippen LogP contribution is 2.06. The van der Waals surface area contributed by atoms with Crippen LogP contribution in [0.5, 0.6) is 0 Å². The fourth-order valence-corrected chi connectivity index (χ4v) is 2.74. The number of nitrogens with zero attached hydrogens (tertiary/aromatic N) is 1. The van der Waals surface area contributed by atoms with Gasteiger partial charge < -0.3 is 10.1 Å². The molecule has 1 fully saturated rings. The summed E-state index contributed by atoms with van der Waals surface area (Å²) in [4.78, 5) is 4.11. The molecule has 144 valence electrons. The summed E-state index contributed by atoms with van der Waals surface area (Å²) < 4.78 is 5.68. The van der Waals surface area contributed by atoms with Crippen LogP contribution < -0.4 is 5.32 Å². The van der Waals surface area contributed by atoms with Crippen LogP contribution >= 0.6 is 0 Å². The smallest absolute Gasteiger partial charge is 0.0619 e. The lowest BCUT2D eigenvalue weighted by molar-refractivity contribution is 0.113. The number of aryl methyl sites for hydroxylation is 2. The number of aromatic nitrogens is 1. The first kappa shape index (κ1) is 22.3. The van der Waals surface area contributed by atoms with Gasteiger partial charge in [0.1, 0.15) is 0 Å². The molecule has 26 heavy (non-hydrogen) atoms. The molecule has 1 aromatic heterocycles. The summed E-state index contributed by atoms with van der Waals surface area (Å²) in [7, 11) is 0. The van der Waals surface area contributed by atoms with Gasteiger partial charge in [-0.3, -0.25) is 4.98 Å². The average Bonchev–Trinajstić information content (AvgIpc) is 3.22. The van der Waals surface area contributed by atoms with Crippen LogP contribution in [0.25, 0.3) is 0 Å². The molecule has 1 saturated heterocycles. The molecule has 3 nitrogen and oxygen atoms in total. The number of pyridine rings is 1. The highest BCUT2D eigenvalue weighted by molar-refractivity contribution is 5.11. The van der Waals surface area contributed by atoms with Crippen LogP contribution in [0, 0.1) is 6.92 Å². The minimum absolute atomic E-state index is 0.605. The van der Waals surface area contributed by atoms with E-state index in [0.29, 0.717) is 6.04 Å². The summed E-state index contributed by atoms with van der Waals surface area (Å²) in [6, 6.07) is 15.0. The van der Waals surface area contributed by atoms with Crippen LogP contribution in [0.2, 0.25) is 0 Å². The molecule has 2 aromatic rings. The number of rotatable bonds is 7. The molecule has 1 aliphatic rings. The fraction of sp³-hybridized carbons (Fsp3) is 0.522. The van der Waals surface area contributed by atoms with Crippen LogP contribution in [-0.2, 0) is 11.2 Å². The second kappa shape index (κ2) is 15.5. The number of nitrogens with one attached hydrogen (secondary N) is 1. The third-order valence-electron chi connectivity index (χ3n) is 4.15. The van der Waals surface area contributed by atoms with E-state index in [-0.39, 0.29) is 0 Å². The quantitative estimate of drug-likeness (QED) is 0.693. The first-order chi connectivity index (χ1) is 12.8. The lowest BCUT2D eigenvalue weighted by Crippen LogP contribution is -2.26.